The van der Waals surface area contributed by atoms with Crippen molar-refractivity contribution in [2.75, 3.05) is 5.32 Å². The standard InChI is InChI=1S/C12H8F3N5/c13-12(14,15)7-3-1-2-4-8(7)20-11-9-10(17-5-16-9)18-6-19-11/h1-6H,(H2,16,17,18,19,20). The summed E-state index contributed by atoms with van der Waals surface area (Å²) in [6.45, 7) is 0. The average molecular weight is 279 g/mol. The smallest absolute Gasteiger partial charge is 0.340 e. The number of para-hydroxylation sites is 1. The van der Waals surface area contributed by atoms with Crippen LogP contribution in [-0.4, -0.2) is 19.9 Å². The Morgan fingerprint density at radius 2 is 1.85 bits per heavy atom. The third-order valence-corrected chi connectivity index (χ3v) is 2.71. The number of nitrogens with zero attached hydrogens (tertiary/aromatic N) is 3. The number of aromatic amines is 1. The van der Waals surface area contributed by atoms with Crippen LogP contribution in [0, 0.1) is 0 Å². The molecule has 8 heteroatoms. The van der Waals surface area contributed by atoms with Gasteiger partial charge in [0.1, 0.15) is 11.8 Å². The minimum atomic E-state index is -4.44. The van der Waals surface area contributed by atoms with Crippen LogP contribution in [0.5, 0.6) is 0 Å². The first-order valence-corrected chi connectivity index (χ1v) is 5.63. The number of H-pyrrole nitrogens is 1. The van der Waals surface area contributed by atoms with E-state index in [-0.39, 0.29) is 11.5 Å². The van der Waals surface area contributed by atoms with Gasteiger partial charge < -0.3 is 10.3 Å². The number of benzene rings is 1. The Kier molecular flexibility index (Phi) is 2.78. The fourth-order valence-corrected chi connectivity index (χ4v) is 1.83. The van der Waals surface area contributed by atoms with E-state index in [1.54, 1.807) is 0 Å². The summed E-state index contributed by atoms with van der Waals surface area (Å²) in [7, 11) is 0. The number of anilines is 2. The van der Waals surface area contributed by atoms with Crippen molar-refractivity contribution in [3.8, 4) is 0 Å². The molecule has 0 unspecified atom stereocenters. The predicted octanol–water partition coefficient (Wildman–Crippen LogP) is 3.12. The molecule has 0 aliphatic carbocycles. The van der Waals surface area contributed by atoms with Crippen LogP contribution >= 0.6 is 0 Å². The monoisotopic (exact) mass is 279 g/mol. The molecule has 0 atom stereocenters. The summed E-state index contributed by atoms with van der Waals surface area (Å²) in [6.07, 6.45) is -1.80. The quantitative estimate of drug-likeness (QED) is 0.756. The van der Waals surface area contributed by atoms with Crippen LogP contribution in [0.4, 0.5) is 24.7 Å². The second kappa shape index (κ2) is 4.48. The molecule has 0 amide bonds. The van der Waals surface area contributed by atoms with Crippen LogP contribution < -0.4 is 5.32 Å². The molecule has 0 aliphatic heterocycles. The molecule has 2 N–H and O–H groups in total. The zero-order chi connectivity index (χ0) is 14.2. The molecule has 0 bridgehead atoms. The Morgan fingerprint density at radius 1 is 1.05 bits per heavy atom. The lowest BCUT2D eigenvalue weighted by Gasteiger charge is -2.13. The summed E-state index contributed by atoms with van der Waals surface area (Å²) in [5.74, 6) is 0.240. The molecule has 0 saturated carbocycles. The Bertz CT molecular complexity index is 750. The van der Waals surface area contributed by atoms with Gasteiger partial charge in [-0.25, -0.2) is 15.0 Å². The summed E-state index contributed by atoms with van der Waals surface area (Å²) >= 11 is 0. The van der Waals surface area contributed by atoms with Gasteiger partial charge in [-0.05, 0) is 12.1 Å². The molecule has 0 radical (unpaired) electrons. The molecule has 0 aliphatic rings. The summed E-state index contributed by atoms with van der Waals surface area (Å²) in [6, 6.07) is 5.20. The first-order chi connectivity index (χ1) is 9.55. The van der Waals surface area contributed by atoms with Gasteiger partial charge in [0.15, 0.2) is 11.5 Å². The SMILES string of the molecule is FC(F)(F)c1ccccc1Nc1ncnc2nc[nH]c12. The Hall–Kier alpha value is -2.64. The highest BCUT2D eigenvalue weighted by Gasteiger charge is 2.33. The van der Waals surface area contributed by atoms with Crippen LogP contribution in [0.3, 0.4) is 0 Å². The maximum absolute atomic E-state index is 12.9. The summed E-state index contributed by atoms with van der Waals surface area (Å²) < 4.78 is 38.7. The highest BCUT2D eigenvalue weighted by atomic mass is 19.4. The minimum absolute atomic E-state index is 0.0744. The average Bonchev–Trinajstić information content (AvgIpc) is 2.87. The molecule has 5 nitrogen and oxygen atoms in total. The van der Waals surface area contributed by atoms with Gasteiger partial charge in [-0.3, -0.25) is 0 Å². The lowest BCUT2D eigenvalue weighted by atomic mass is 10.1. The Morgan fingerprint density at radius 3 is 2.65 bits per heavy atom. The van der Waals surface area contributed by atoms with Crippen molar-refractivity contribution in [1.82, 2.24) is 19.9 Å². The van der Waals surface area contributed by atoms with E-state index < -0.39 is 11.7 Å². The van der Waals surface area contributed by atoms with Crippen LogP contribution in [0.2, 0.25) is 0 Å². The molecule has 20 heavy (non-hydrogen) atoms. The van der Waals surface area contributed by atoms with Crippen LogP contribution in [0.25, 0.3) is 11.2 Å². The Balaban J connectivity index is 2.06. The van der Waals surface area contributed by atoms with Gasteiger partial charge in [-0.1, -0.05) is 12.1 Å². The summed E-state index contributed by atoms with van der Waals surface area (Å²) in [4.78, 5) is 14.5. The maximum Gasteiger partial charge on any atom is 0.418 e. The number of hydrogen-bond acceptors (Lipinski definition) is 4. The van der Waals surface area contributed by atoms with Crippen molar-refractivity contribution in [3.63, 3.8) is 0 Å². The molecule has 0 fully saturated rings. The van der Waals surface area contributed by atoms with E-state index in [0.29, 0.717) is 11.2 Å². The zero-order valence-corrected chi connectivity index (χ0v) is 9.94. The molecular weight excluding hydrogens is 271 g/mol. The van der Waals surface area contributed by atoms with Crippen molar-refractivity contribution in [1.29, 1.82) is 0 Å². The van der Waals surface area contributed by atoms with E-state index in [2.05, 4.69) is 25.3 Å². The lowest BCUT2D eigenvalue weighted by molar-refractivity contribution is -0.136. The number of fused-ring (bicyclic) bond motifs is 1. The van der Waals surface area contributed by atoms with Crippen LogP contribution in [0.15, 0.2) is 36.9 Å². The number of nitrogens with one attached hydrogen (secondary N) is 2. The van der Waals surface area contributed by atoms with E-state index in [9.17, 15) is 13.2 Å². The fourth-order valence-electron chi connectivity index (χ4n) is 1.83. The third-order valence-electron chi connectivity index (χ3n) is 2.71. The maximum atomic E-state index is 12.9. The van der Waals surface area contributed by atoms with Gasteiger partial charge in [0.2, 0.25) is 0 Å². The first kappa shape index (κ1) is 12.4. The zero-order valence-electron chi connectivity index (χ0n) is 9.94. The third kappa shape index (κ3) is 2.15. The summed E-state index contributed by atoms with van der Waals surface area (Å²) in [5, 5.41) is 2.67. The van der Waals surface area contributed by atoms with Crippen molar-refractivity contribution in [2.45, 2.75) is 6.18 Å². The van der Waals surface area contributed by atoms with Crippen LogP contribution in [-0.2, 0) is 6.18 Å². The van der Waals surface area contributed by atoms with Crippen molar-refractivity contribution in [3.05, 3.63) is 42.5 Å². The topological polar surface area (TPSA) is 66.5 Å². The van der Waals surface area contributed by atoms with Crippen molar-refractivity contribution < 1.29 is 13.2 Å². The molecule has 0 spiro atoms. The van der Waals surface area contributed by atoms with Gasteiger partial charge in [0, 0.05) is 0 Å². The lowest BCUT2D eigenvalue weighted by Crippen LogP contribution is -2.09. The fraction of sp³-hybridized carbons (Fsp3) is 0.0833. The number of aromatic nitrogens is 4. The van der Waals surface area contributed by atoms with Gasteiger partial charge in [-0.2, -0.15) is 13.2 Å². The largest absolute Gasteiger partial charge is 0.418 e. The van der Waals surface area contributed by atoms with Gasteiger partial charge in [-0.15, -0.1) is 0 Å². The highest BCUT2D eigenvalue weighted by molar-refractivity contribution is 5.84. The predicted molar refractivity (Wildman–Crippen MR) is 66.4 cm³/mol. The normalized spacial score (nSPS) is 11.8. The molecule has 102 valence electrons. The van der Waals surface area contributed by atoms with E-state index in [1.165, 1.54) is 30.9 Å². The molecule has 3 aromatic rings. The molecule has 0 saturated heterocycles. The summed E-state index contributed by atoms with van der Waals surface area (Å²) in [5.41, 5.74) is -0.00246. The highest BCUT2D eigenvalue weighted by Crippen LogP contribution is 2.36. The Labute approximate surface area is 110 Å². The molecule has 3 rings (SSSR count). The number of imidazole rings is 1. The van der Waals surface area contributed by atoms with Crippen LogP contribution in [0.1, 0.15) is 5.56 Å². The second-order valence-electron chi connectivity index (χ2n) is 3.99. The minimum Gasteiger partial charge on any atom is -0.340 e. The molecule has 2 heterocycles. The van der Waals surface area contributed by atoms with E-state index in [4.69, 9.17) is 0 Å². The first-order valence-electron chi connectivity index (χ1n) is 5.63. The number of alkyl halides is 3. The number of rotatable bonds is 2. The van der Waals surface area contributed by atoms with E-state index >= 15 is 0 Å². The molecule has 2 aromatic heterocycles. The second-order valence-corrected chi connectivity index (χ2v) is 3.99. The van der Waals surface area contributed by atoms with Crippen molar-refractivity contribution in [2.24, 2.45) is 0 Å². The van der Waals surface area contributed by atoms with Crippen molar-refractivity contribution >= 4 is 22.7 Å². The number of halogens is 3. The van der Waals surface area contributed by atoms with Gasteiger partial charge in [0.05, 0.1) is 17.6 Å². The number of hydrogen-bond donors (Lipinski definition) is 2. The molecule has 1 aromatic carbocycles. The van der Waals surface area contributed by atoms with Gasteiger partial charge in [0.25, 0.3) is 0 Å². The van der Waals surface area contributed by atoms with Gasteiger partial charge >= 0.3 is 6.18 Å². The van der Waals surface area contributed by atoms with E-state index in [1.807, 2.05) is 0 Å². The van der Waals surface area contributed by atoms with E-state index in [0.717, 1.165) is 6.07 Å². The molecular formula is C12H8F3N5.